The first kappa shape index (κ1) is 10.0. The topological polar surface area (TPSA) is 52.9 Å². The van der Waals surface area contributed by atoms with Crippen LogP contribution in [-0.2, 0) is 4.79 Å². The van der Waals surface area contributed by atoms with Gasteiger partial charge in [-0.25, -0.2) is 0 Å². The number of amides is 1. The SMILES string of the molecule is CN(C1=NC(=O)CS1)c1ccc(O)cc1. The Labute approximate surface area is 91.6 Å². The number of anilines is 1. The normalized spacial score (nSPS) is 15.3. The summed E-state index contributed by atoms with van der Waals surface area (Å²) < 4.78 is 0. The predicted octanol–water partition coefficient (Wildman–Crippen LogP) is 1.46. The van der Waals surface area contributed by atoms with E-state index in [1.807, 2.05) is 11.9 Å². The summed E-state index contributed by atoms with van der Waals surface area (Å²) in [6, 6.07) is 6.77. The second kappa shape index (κ2) is 3.94. The molecule has 78 valence electrons. The second-order valence-corrected chi connectivity index (χ2v) is 4.09. The first-order chi connectivity index (χ1) is 7.16. The molecule has 0 saturated carbocycles. The molecule has 0 bridgehead atoms. The maximum absolute atomic E-state index is 11.0. The van der Waals surface area contributed by atoms with Crippen molar-refractivity contribution in [1.82, 2.24) is 0 Å². The fraction of sp³-hybridized carbons (Fsp3) is 0.200. The summed E-state index contributed by atoms with van der Waals surface area (Å²) in [5.41, 5.74) is 0.897. The lowest BCUT2D eigenvalue weighted by Gasteiger charge is -2.17. The van der Waals surface area contributed by atoms with Crippen LogP contribution in [0.4, 0.5) is 5.69 Å². The van der Waals surface area contributed by atoms with Gasteiger partial charge in [-0.1, -0.05) is 11.8 Å². The average Bonchev–Trinajstić information content (AvgIpc) is 2.65. The van der Waals surface area contributed by atoms with Crippen molar-refractivity contribution in [2.45, 2.75) is 0 Å². The Morgan fingerprint density at radius 3 is 2.60 bits per heavy atom. The van der Waals surface area contributed by atoms with Gasteiger partial charge in [-0.05, 0) is 24.3 Å². The van der Waals surface area contributed by atoms with Gasteiger partial charge in [0.15, 0.2) is 5.17 Å². The molecule has 0 spiro atoms. The molecule has 0 radical (unpaired) electrons. The highest BCUT2D eigenvalue weighted by molar-refractivity contribution is 8.15. The molecular formula is C10H10N2O2S. The molecule has 1 heterocycles. The van der Waals surface area contributed by atoms with Crippen molar-refractivity contribution < 1.29 is 9.90 Å². The maximum Gasteiger partial charge on any atom is 0.258 e. The predicted molar refractivity (Wildman–Crippen MR) is 61.4 cm³/mol. The molecule has 1 amide bonds. The van der Waals surface area contributed by atoms with E-state index < -0.39 is 0 Å². The molecule has 0 fully saturated rings. The van der Waals surface area contributed by atoms with Crippen LogP contribution in [0.2, 0.25) is 0 Å². The van der Waals surface area contributed by atoms with E-state index in [-0.39, 0.29) is 11.7 Å². The molecule has 2 rings (SSSR count). The number of rotatable bonds is 1. The first-order valence-electron chi connectivity index (χ1n) is 4.44. The van der Waals surface area contributed by atoms with Gasteiger partial charge >= 0.3 is 0 Å². The van der Waals surface area contributed by atoms with Gasteiger partial charge in [0.2, 0.25) is 0 Å². The number of thioether (sulfide) groups is 1. The smallest absolute Gasteiger partial charge is 0.258 e. The minimum atomic E-state index is -0.0966. The molecule has 1 N–H and O–H groups in total. The van der Waals surface area contributed by atoms with E-state index in [4.69, 9.17) is 5.11 Å². The molecule has 15 heavy (non-hydrogen) atoms. The zero-order chi connectivity index (χ0) is 10.8. The summed E-state index contributed by atoms with van der Waals surface area (Å²) in [4.78, 5) is 16.7. The van der Waals surface area contributed by atoms with Gasteiger partial charge in [-0.15, -0.1) is 0 Å². The summed E-state index contributed by atoms with van der Waals surface area (Å²) in [5.74, 6) is 0.544. The molecule has 1 aromatic carbocycles. The molecule has 1 aliphatic heterocycles. The third-order valence-corrected chi connectivity index (χ3v) is 3.08. The number of carbonyl (C=O) groups excluding carboxylic acids is 1. The van der Waals surface area contributed by atoms with Gasteiger partial charge < -0.3 is 10.0 Å². The van der Waals surface area contributed by atoms with E-state index in [0.29, 0.717) is 10.9 Å². The zero-order valence-electron chi connectivity index (χ0n) is 8.17. The quantitative estimate of drug-likeness (QED) is 0.781. The zero-order valence-corrected chi connectivity index (χ0v) is 8.99. The van der Waals surface area contributed by atoms with Crippen LogP contribution in [-0.4, -0.2) is 29.0 Å². The van der Waals surface area contributed by atoms with Crippen LogP contribution < -0.4 is 4.90 Å². The van der Waals surface area contributed by atoms with Crippen molar-refractivity contribution in [2.24, 2.45) is 4.99 Å². The third-order valence-electron chi connectivity index (χ3n) is 2.07. The Bertz CT molecular complexity index is 414. The van der Waals surface area contributed by atoms with Gasteiger partial charge in [0.05, 0.1) is 5.75 Å². The Kier molecular flexibility index (Phi) is 2.64. The van der Waals surface area contributed by atoms with Gasteiger partial charge in [-0.2, -0.15) is 4.99 Å². The second-order valence-electron chi connectivity index (χ2n) is 3.15. The molecule has 0 unspecified atom stereocenters. The van der Waals surface area contributed by atoms with Crippen LogP contribution in [0.3, 0.4) is 0 Å². The van der Waals surface area contributed by atoms with E-state index in [1.54, 1.807) is 24.3 Å². The fourth-order valence-corrected chi connectivity index (χ4v) is 2.04. The van der Waals surface area contributed by atoms with Crippen molar-refractivity contribution in [3.63, 3.8) is 0 Å². The number of benzene rings is 1. The van der Waals surface area contributed by atoms with Crippen LogP contribution in [0.5, 0.6) is 5.75 Å². The Hall–Kier alpha value is -1.49. The first-order valence-corrected chi connectivity index (χ1v) is 5.42. The summed E-state index contributed by atoms with van der Waals surface area (Å²) >= 11 is 1.42. The van der Waals surface area contributed by atoms with E-state index in [1.165, 1.54) is 11.8 Å². The summed E-state index contributed by atoms with van der Waals surface area (Å²) in [5, 5.41) is 9.84. The van der Waals surface area contributed by atoms with Crippen molar-refractivity contribution in [1.29, 1.82) is 0 Å². The molecule has 5 heteroatoms. The molecule has 1 aromatic rings. The lowest BCUT2D eigenvalue weighted by molar-refractivity contribution is -0.115. The van der Waals surface area contributed by atoms with Crippen molar-refractivity contribution >= 4 is 28.5 Å². The molecule has 0 aromatic heterocycles. The fourth-order valence-electron chi connectivity index (χ4n) is 1.26. The number of phenolic OH excluding ortho intramolecular Hbond substituents is 1. The number of hydrogen-bond acceptors (Lipinski definition) is 4. The van der Waals surface area contributed by atoms with Crippen LogP contribution in [0.1, 0.15) is 0 Å². The standard InChI is InChI=1S/C10H10N2O2S/c1-12(10-11-9(14)6-15-10)7-2-4-8(13)5-3-7/h2-5,13H,6H2,1H3. The van der Waals surface area contributed by atoms with E-state index in [2.05, 4.69) is 4.99 Å². The summed E-state index contributed by atoms with van der Waals surface area (Å²) in [6.07, 6.45) is 0. The molecule has 0 saturated heterocycles. The van der Waals surface area contributed by atoms with E-state index >= 15 is 0 Å². The third kappa shape index (κ3) is 2.12. The number of nitrogens with zero attached hydrogens (tertiary/aromatic N) is 2. The number of carbonyl (C=O) groups is 1. The Morgan fingerprint density at radius 1 is 1.40 bits per heavy atom. The van der Waals surface area contributed by atoms with Crippen LogP contribution in [0.25, 0.3) is 0 Å². The average molecular weight is 222 g/mol. The summed E-state index contributed by atoms with van der Waals surface area (Å²) in [6.45, 7) is 0. The summed E-state index contributed by atoms with van der Waals surface area (Å²) in [7, 11) is 1.84. The Balaban J connectivity index is 2.21. The molecule has 0 aliphatic carbocycles. The van der Waals surface area contributed by atoms with Crippen molar-refractivity contribution in [3.05, 3.63) is 24.3 Å². The maximum atomic E-state index is 11.0. The number of aromatic hydroxyl groups is 1. The minimum absolute atomic E-state index is 0.0966. The monoisotopic (exact) mass is 222 g/mol. The largest absolute Gasteiger partial charge is 0.508 e. The van der Waals surface area contributed by atoms with Crippen molar-refractivity contribution in [3.8, 4) is 5.75 Å². The number of amidine groups is 1. The molecular weight excluding hydrogens is 212 g/mol. The van der Waals surface area contributed by atoms with Gasteiger partial charge in [0.1, 0.15) is 5.75 Å². The van der Waals surface area contributed by atoms with Crippen LogP contribution in [0, 0.1) is 0 Å². The molecule has 1 aliphatic rings. The Morgan fingerprint density at radius 2 is 2.07 bits per heavy atom. The number of aliphatic imine (C=N–C) groups is 1. The van der Waals surface area contributed by atoms with Gasteiger partial charge in [-0.3, -0.25) is 4.79 Å². The molecule has 4 nitrogen and oxygen atoms in total. The van der Waals surface area contributed by atoms with Gasteiger partial charge in [0.25, 0.3) is 5.91 Å². The number of phenols is 1. The van der Waals surface area contributed by atoms with Crippen LogP contribution in [0.15, 0.2) is 29.3 Å². The van der Waals surface area contributed by atoms with Gasteiger partial charge in [0, 0.05) is 12.7 Å². The lowest BCUT2D eigenvalue weighted by Crippen LogP contribution is -2.21. The van der Waals surface area contributed by atoms with E-state index in [9.17, 15) is 4.79 Å². The van der Waals surface area contributed by atoms with E-state index in [0.717, 1.165) is 5.69 Å². The molecule has 0 atom stereocenters. The minimum Gasteiger partial charge on any atom is -0.508 e. The highest BCUT2D eigenvalue weighted by atomic mass is 32.2. The number of hydrogen-bond donors (Lipinski definition) is 1. The van der Waals surface area contributed by atoms with Crippen LogP contribution >= 0.6 is 11.8 Å². The highest BCUT2D eigenvalue weighted by Crippen LogP contribution is 2.23. The lowest BCUT2D eigenvalue weighted by atomic mass is 10.3. The highest BCUT2D eigenvalue weighted by Gasteiger charge is 2.19. The van der Waals surface area contributed by atoms with Crippen molar-refractivity contribution in [2.75, 3.05) is 17.7 Å².